The second-order valence-corrected chi connectivity index (χ2v) is 5.30. The zero-order valence-electron chi connectivity index (χ0n) is 13.1. The highest BCUT2D eigenvalue weighted by Crippen LogP contribution is 2.21. The van der Waals surface area contributed by atoms with Crippen LogP contribution < -0.4 is 20.1 Å². The number of anilines is 1. The summed E-state index contributed by atoms with van der Waals surface area (Å²) < 4.78 is 10.7. The van der Waals surface area contributed by atoms with E-state index < -0.39 is 0 Å². The van der Waals surface area contributed by atoms with E-state index in [2.05, 4.69) is 10.6 Å². The van der Waals surface area contributed by atoms with Gasteiger partial charge >= 0.3 is 6.03 Å². The fourth-order valence-corrected chi connectivity index (χ4v) is 2.18. The maximum atomic E-state index is 11.8. The predicted octanol–water partition coefficient (Wildman–Crippen LogP) is 3.86. The normalized spacial score (nSPS) is 10.0. The first-order valence-electron chi connectivity index (χ1n) is 7.16. The van der Waals surface area contributed by atoms with Gasteiger partial charge in [0.25, 0.3) is 0 Å². The minimum Gasteiger partial charge on any atom is -0.497 e. The lowest BCUT2D eigenvalue weighted by Crippen LogP contribution is -2.32. The quantitative estimate of drug-likeness (QED) is 0.789. The van der Waals surface area contributed by atoms with Crippen molar-refractivity contribution in [2.45, 2.75) is 6.92 Å². The lowest BCUT2D eigenvalue weighted by Gasteiger charge is -2.11. The van der Waals surface area contributed by atoms with Gasteiger partial charge in [0.15, 0.2) is 0 Å². The number of ether oxygens (including phenoxy) is 2. The van der Waals surface area contributed by atoms with E-state index in [4.69, 9.17) is 21.1 Å². The van der Waals surface area contributed by atoms with Crippen molar-refractivity contribution in [3.8, 4) is 11.5 Å². The summed E-state index contributed by atoms with van der Waals surface area (Å²) in [7, 11) is 1.59. The average molecular weight is 335 g/mol. The number of carbonyl (C=O) groups excluding carboxylic acids is 1. The van der Waals surface area contributed by atoms with Crippen LogP contribution in [0.5, 0.6) is 11.5 Å². The van der Waals surface area contributed by atoms with Gasteiger partial charge in [-0.15, -0.1) is 0 Å². The Hall–Kier alpha value is -2.40. The minimum absolute atomic E-state index is 0.286. The molecule has 0 atom stereocenters. The molecule has 0 aliphatic heterocycles. The van der Waals surface area contributed by atoms with Gasteiger partial charge < -0.3 is 20.1 Å². The minimum atomic E-state index is -0.286. The van der Waals surface area contributed by atoms with Crippen molar-refractivity contribution >= 4 is 23.3 Å². The Labute approximate surface area is 140 Å². The summed E-state index contributed by atoms with van der Waals surface area (Å²) in [6.45, 7) is 2.69. The van der Waals surface area contributed by atoms with E-state index >= 15 is 0 Å². The topological polar surface area (TPSA) is 59.6 Å². The van der Waals surface area contributed by atoms with Gasteiger partial charge in [-0.2, -0.15) is 0 Å². The molecule has 0 spiro atoms. The lowest BCUT2D eigenvalue weighted by molar-refractivity contribution is 0.247. The van der Waals surface area contributed by atoms with Gasteiger partial charge in [0.2, 0.25) is 0 Å². The van der Waals surface area contributed by atoms with E-state index in [1.165, 1.54) is 0 Å². The molecule has 122 valence electrons. The Morgan fingerprint density at radius 2 is 1.91 bits per heavy atom. The summed E-state index contributed by atoms with van der Waals surface area (Å²) in [6, 6.07) is 12.2. The molecule has 2 aromatic carbocycles. The monoisotopic (exact) mass is 334 g/mol. The lowest BCUT2D eigenvalue weighted by atomic mass is 10.2. The predicted molar refractivity (Wildman–Crippen MR) is 91.7 cm³/mol. The second-order valence-electron chi connectivity index (χ2n) is 4.87. The van der Waals surface area contributed by atoms with Crippen LogP contribution in [0.3, 0.4) is 0 Å². The molecule has 0 aromatic heterocycles. The number of hydrogen-bond donors (Lipinski definition) is 2. The molecule has 2 amide bonds. The first-order valence-corrected chi connectivity index (χ1v) is 7.54. The summed E-state index contributed by atoms with van der Waals surface area (Å²) in [4.78, 5) is 11.8. The Morgan fingerprint density at radius 3 is 2.57 bits per heavy atom. The number of halogens is 1. The van der Waals surface area contributed by atoms with Crippen LogP contribution in [0.15, 0.2) is 42.5 Å². The standard InChI is InChI=1S/C17H19ClN2O3/c1-12-11-13(18)3-8-16(12)23-10-9-19-17(21)20-14-4-6-15(22-2)7-5-14/h3-8,11H,9-10H2,1-2H3,(H2,19,20,21). The van der Waals surface area contributed by atoms with E-state index in [0.717, 1.165) is 17.1 Å². The number of nitrogens with one attached hydrogen (secondary N) is 2. The van der Waals surface area contributed by atoms with Crippen molar-refractivity contribution < 1.29 is 14.3 Å². The van der Waals surface area contributed by atoms with E-state index in [1.54, 1.807) is 37.4 Å². The Bertz CT molecular complexity index is 659. The first-order chi connectivity index (χ1) is 11.1. The maximum absolute atomic E-state index is 11.8. The third-order valence-electron chi connectivity index (χ3n) is 3.13. The van der Waals surface area contributed by atoms with Crippen LogP contribution in [0.1, 0.15) is 5.56 Å². The van der Waals surface area contributed by atoms with E-state index in [-0.39, 0.29) is 6.03 Å². The molecule has 0 unspecified atom stereocenters. The fraction of sp³-hybridized carbons (Fsp3) is 0.235. The molecule has 0 heterocycles. The number of hydrogen-bond acceptors (Lipinski definition) is 3. The highest BCUT2D eigenvalue weighted by atomic mass is 35.5. The Kier molecular flexibility index (Phi) is 6.11. The van der Waals surface area contributed by atoms with Crippen LogP contribution in [0, 0.1) is 6.92 Å². The largest absolute Gasteiger partial charge is 0.497 e. The molecule has 2 aromatic rings. The van der Waals surface area contributed by atoms with Gasteiger partial charge in [0, 0.05) is 10.7 Å². The molecule has 2 N–H and O–H groups in total. The Morgan fingerprint density at radius 1 is 1.17 bits per heavy atom. The highest BCUT2D eigenvalue weighted by molar-refractivity contribution is 6.30. The fourth-order valence-electron chi connectivity index (χ4n) is 1.95. The van der Waals surface area contributed by atoms with Crippen LogP contribution in [0.25, 0.3) is 0 Å². The van der Waals surface area contributed by atoms with Gasteiger partial charge in [0.1, 0.15) is 18.1 Å². The van der Waals surface area contributed by atoms with Crippen LogP contribution in [0.4, 0.5) is 10.5 Å². The molecule has 6 heteroatoms. The number of urea groups is 1. The van der Waals surface area contributed by atoms with Crippen molar-refractivity contribution in [2.75, 3.05) is 25.6 Å². The van der Waals surface area contributed by atoms with Gasteiger partial charge in [-0.1, -0.05) is 11.6 Å². The first kappa shape index (κ1) is 17.0. The zero-order chi connectivity index (χ0) is 16.7. The van der Waals surface area contributed by atoms with Crippen LogP contribution in [0.2, 0.25) is 5.02 Å². The highest BCUT2D eigenvalue weighted by Gasteiger charge is 2.03. The molecular weight excluding hydrogens is 316 g/mol. The average Bonchev–Trinajstić information content (AvgIpc) is 2.54. The van der Waals surface area contributed by atoms with Gasteiger partial charge in [-0.25, -0.2) is 4.79 Å². The van der Waals surface area contributed by atoms with Gasteiger partial charge in [-0.05, 0) is 55.0 Å². The zero-order valence-corrected chi connectivity index (χ0v) is 13.8. The summed E-state index contributed by atoms with van der Waals surface area (Å²) in [5.74, 6) is 1.49. The number of aryl methyl sites for hydroxylation is 1. The molecule has 23 heavy (non-hydrogen) atoms. The second kappa shape index (κ2) is 8.29. The summed E-state index contributed by atoms with van der Waals surface area (Å²) >= 11 is 5.89. The van der Waals surface area contributed by atoms with Crippen molar-refractivity contribution in [1.29, 1.82) is 0 Å². The number of amides is 2. The molecule has 0 fully saturated rings. The number of methoxy groups -OCH3 is 1. The number of carbonyl (C=O) groups is 1. The molecule has 0 aliphatic rings. The molecule has 2 rings (SSSR count). The van der Waals surface area contributed by atoms with Crippen LogP contribution in [-0.4, -0.2) is 26.3 Å². The molecule has 0 saturated carbocycles. The smallest absolute Gasteiger partial charge is 0.319 e. The van der Waals surface area contributed by atoms with Gasteiger partial charge in [0.05, 0.1) is 13.7 Å². The molecule has 0 radical (unpaired) electrons. The third-order valence-corrected chi connectivity index (χ3v) is 3.37. The molecule has 5 nitrogen and oxygen atoms in total. The van der Waals surface area contributed by atoms with Gasteiger partial charge in [-0.3, -0.25) is 0 Å². The van der Waals surface area contributed by atoms with Crippen molar-refractivity contribution in [1.82, 2.24) is 5.32 Å². The summed E-state index contributed by atoms with van der Waals surface area (Å²) in [5.41, 5.74) is 1.65. The van der Waals surface area contributed by atoms with Crippen LogP contribution >= 0.6 is 11.6 Å². The Balaban J connectivity index is 1.72. The van der Waals surface area contributed by atoms with Crippen LogP contribution in [-0.2, 0) is 0 Å². The van der Waals surface area contributed by atoms with E-state index in [1.807, 2.05) is 19.1 Å². The van der Waals surface area contributed by atoms with Crippen molar-refractivity contribution in [3.63, 3.8) is 0 Å². The maximum Gasteiger partial charge on any atom is 0.319 e. The van der Waals surface area contributed by atoms with E-state index in [9.17, 15) is 4.79 Å². The molecular formula is C17H19ClN2O3. The van der Waals surface area contributed by atoms with Crippen molar-refractivity contribution in [3.05, 3.63) is 53.1 Å². The van der Waals surface area contributed by atoms with E-state index in [0.29, 0.717) is 23.9 Å². The summed E-state index contributed by atoms with van der Waals surface area (Å²) in [6.07, 6.45) is 0. The SMILES string of the molecule is COc1ccc(NC(=O)NCCOc2ccc(Cl)cc2C)cc1. The summed E-state index contributed by atoms with van der Waals surface area (Å²) in [5, 5.41) is 6.13. The third kappa shape index (κ3) is 5.38. The number of benzene rings is 2. The number of rotatable bonds is 6. The van der Waals surface area contributed by atoms with Crippen molar-refractivity contribution in [2.24, 2.45) is 0 Å². The molecule has 0 aliphatic carbocycles. The molecule has 0 saturated heterocycles. The molecule has 0 bridgehead atoms.